The Morgan fingerprint density at radius 1 is 0.879 bits per heavy atom. The van der Waals surface area contributed by atoms with E-state index in [-0.39, 0.29) is 57.7 Å². The van der Waals surface area contributed by atoms with Gasteiger partial charge in [-0.1, -0.05) is 62.1 Å². The van der Waals surface area contributed by atoms with Gasteiger partial charge in [0.15, 0.2) is 11.6 Å². The number of aliphatic imine (C=N–C) groups is 1. The molecule has 4 aliphatic carbocycles. The van der Waals surface area contributed by atoms with Gasteiger partial charge in [0.05, 0.1) is 22.1 Å². The van der Waals surface area contributed by atoms with Crippen LogP contribution in [-0.2, 0) is 20.2 Å². The van der Waals surface area contributed by atoms with E-state index in [1.54, 1.807) is 43.6 Å². The van der Waals surface area contributed by atoms with E-state index in [0.29, 0.717) is 36.0 Å². The first-order valence-corrected chi connectivity index (χ1v) is 22.7. The number of phenolic OH excluding ortho intramolecular Hbond substituents is 1. The number of carbonyl (C=O) groups excluding carboxylic acids is 2. The Bertz CT molecular complexity index is 2390. The van der Waals surface area contributed by atoms with Crippen molar-refractivity contribution in [2.75, 3.05) is 17.7 Å². The molecule has 5 atom stereocenters. The fraction of sp³-hybridized carbons (Fsp3) is 0.409. The molecular formula is C44H51N3O9S2. The number of nitrogens with zero attached hydrogens (tertiary/aromatic N) is 1. The molecule has 2 saturated carbocycles. The first kappa shape index (κ1) is 42.7. The number of phenols is 1. The van der Waals surface area contributed by atoms with E-state index in [1.165, 1.54) is 31.2 Å². The van der Waals surface area contributed by atoms with Crippen LogP contribution in [0.3, 0.4) is 0 Å². The zero-order valence-corrected chi connectivity index (χ0v) is 34.4. The molecule has 308 valence electrons. The predicted octanol–water partition coefficient (Wildman–Crippen LogP) is 8.16. The topological polar surface area (TPSA) is 200 Å². The summed E-state index contributed by atoms with van der Waals surface area (Å²) in [6, 6.07) is 8.05. The van der Waals surface area contributed by atoms with E-state index in [2.05, 4.69) is 21.4 Å². The number of ketones is 2. The van der Waals surface area contributed by atoms with E-state index < -0.39 is 30.8 Å². The van der Waals surface area contributed by atoms with Gasteiger partial charge in [-0.3, -0.25) is 23.7 Å². The molecule has 0 aliphatic heterocycles. The van der Waals surface area contributed by atoms with Crippen LogP contribution in [0.25, 0.3) is 0 Å². The van der Waals surface area contributed by atoms with Crippen molar-refractivity contribution in [2.45, 2.75) is 94.4 Å². The van der Waals surface area contributed by atoms with Gasteiger partial charge in [0.1, 0.15) is 10.5 Å². The normalized spacial score (nSPS) is 25.5. The molecular weight excluding hydrogens is 779 g/mol. The van der Waals surface area contributed by atoms with Crippen LogP contribution >= 0.6 is 0 Å². The van der Waals surface area contributed by atoms with E-state index in [1.807, 2.05) is 18.2 Å². The van der Waals surface area contributed by atoms with Crippen molar-refractivity contribution in [3.8, 4) is 5.75 Å². The van der Waals surface area contributed by atoms with Crippen LogP contribution in [0.2, 0.25) is 0 Å². The van der Waals surface area contributed by atoms with Crippen molar-refractivity contribution in [1.29, 1.82) is 0 Å². The van der Waals surface area contributed by atoms with Crippen molar-refractivity contribution in [2.24, 2.45) is 16.8 Å². The highest BCUT2D eigenvalue weighted by molar-refractivity contribution is 7.88. The molecule has 5 N–H and O–H groups in total. The van der Waals surface area contributed by atoms with Crippen molar-refractivity contribution < 1.29 is 40.6 Å². The molecule has 2 aromatic rings. The lowest BCUT2D eigenvalue weighted by Crippen LogP contribution is -2.35. The summed E-state index contributed by atoms with van der Waals surface area (Å²) in [6.07, 6.45) is 21.7. The Kier molecular flexibility index (Phi) is 13.2. The molecule has 4 aliphatic rings. The van der Waals surface area contributed by atoms with Gasteiger partial charge in [0.25, 0.3) is 20.2 Å². The van der Waals surface area contributed by atoms with Gasteiger partial charge < -0.3 is 15.7 Å². The van der Waals surface area contributed by atoms with Crippen LogP contribution in [0, 0.1) is 11.8 Å². The Hall–Kier alpha value is -4.85. The second-order valence-corrected chi connectivity index (χ2v) is 18.9. The molecule has 0 radical (unpaired) electrons. The summed E-state index contributed by atoms with van der Waals surface area (Å²) in [6.45, 7) is 1.43. The van der Waals surface area contributed by atoms with E-state index in [9.17, 15) is 36.1 Å². The molecule has 6 rings (SSSR count). The maximum atomic E-state index is 14.5. The fourth-order valence-electron chi connectivity index (χ4n) is 8.62. The minimum Gasteiger partial charge on any atom is -0.507 e. The highest BCUT2D eigenvalue weighted by Crippen LogP contribution is 2.43. The third-order valence-corrected chi connectivity index (χ3v) is 13.6. The number of fused-ring (bicyclic) bond motifs is 2. The maximum absolute atomic E-state index is 14.5. The number of aromatic hydroxyl groups is 1. The van der Waals surface area contributed by atoms with Gasteiger partial charge in [0, 0.05) is 42.3 Å². The van der Waals surface area contributed by atoms with Crippen LogP contribution in [0.4, 0.5) is 11.4 Å². The number of nitrogens with one attached hydrogen (secondary N) is 2. The zero-order valence-electron chi connectivity index (χ0n) is 32.7. The van der Waals surface area contributed by atoms with Gasteiger partial charge in [-0.15, -0.1) is 5.73 Å². The molecule has 5 unspecified atom stereocenters. The smallest absolute Gasteiger partial charge is 0.287 e. The maximum Gasteiger partial charge on any atom is 0.287 e. The summed E-state index contributed by atoms with van der Waals surface area (Å²) in [7, 11) is -6.99. The monoisotopic (exact) mass is 829 g/mol. The third-order valence-electron chi connectivity index (χ3n) is 11.7. The molecule has 0 heterocycles. The zero-order chi connectivity index (χ0) is 41.7. The number of rotatable bonds is 13. The highest BCUT2D eigenvalue weighted by atomic mass is 32.2. The second kappa shape index (κ2) is 18.0. The summed E-state index contributed by atoms with van der Waals surface area (Å²) in [5, 5.41) is 18.9. The summed E-state index contributed by atoms with van der Waals surface area (Å²) in [4.78, 5) is 33.0. The number of hydrogen-bond donors (Lipinski definition) is 5. The second-order valence-electron chi connectivity index (χ2n) is 15.8. The first-order chi connectivity index (χ1) is 27.6. The third kappa shape index (κ3) is 9.87. The van der Waals surface area contributed by atoms with Gasteiger partial charge in [-0.05, 0) is 111 Å². The van der Waals surface area contributed by atoms with Gasteiger partial charge in [-0.2, -0.15) is 16.8 Å². The van der Waals surface area contributed by atoms with Crippen LogP contribution in [0.1, 0.15) is 109 Å². The average Bonchev–Trinajstić information content (AvgIpc) is 3.37. The van der Waals surface area contributed by atoms with E-state index >= 15 is 0 Å². The minimum absolute atomic E-state index is 0.0277. The molecule has 0 spiro atoms. The average molecular weight is 830 g/mol. The Morgan fingerprint density at radius 2 is 1.52 bits per heavy atom. The lowest BCUT2D eigenvalue weighted by atomic mass is 9.78. The molecule has 0 bridgehead atoms. The molecule has 2 aromatic carbocycles. The molecule has 0 amide bonds. The summed E-state index contributed by atoms with van der Waals surface area (Å²) < 4.78 is 63.9. The number of benzene rings is 2. The van der Waals surface area contributed by atoms with Crippen molar-refractivity contribution in [3.63, 3.8) is 0 Å². The molecule has 14 heteroatoms. The van der Waals surface area contributed by atoms with Crippen LogP contribution in [0.5, 0.6) is 5.75 Å². The molecule has 0 aromatic heterocycles. The molecule has 2 fully saturated rings. The predicted molar refractivity (Wildman–Crippen MR) is 227 cm³/mol. The summed E-state index contributed by atoms with van der Waals surface area (Å²) in [5.74, 6) is -0.857. The van der Waals surface area contributed by atoms with Crippen molar-refractivity contribution >= 4 is 49.4 Å². The minimum atomic E-state index is -4.38. The van der Waals surface area contributed by atoms with Crippen molar-refractivity contribution in [3.05, 3.63) is 117 Å². The molecule has 12 nitrogen and oxygen atoms in total. The Balaban J connectivity index is 1.33. The van der Waals surface area contributed by atoms with Gasteiger partial charge in [0.2, 0.25) is 0 Å². The lowest BCUT2D eigenvalue weighted by molar-refractivity contribution is 0.0977. The number of carbonyl (C=O) groups is 2. The Labute approximate surface area is 340 Å². The summed E-state index contributed by atoms with van der Waals surface area (Å²) >= 11 is 0. The van der Waals surface area contributed by atoms with Gasteiger partial charge >= 0.3 is 0 Å². The number of anilines is 2. The number of hydrogen-bond acceptors (Lipinski definition) is 10. The SMILES string of the molecule is CN=C\C=C(/C=C\C=C\S(=O)(=O)O)CC1CCCCC1Nc1ccc(NC2CCCCC2CC2=C=CC(C)(S(=O)(=O)O)C=CC2)c2c1C(=O)c1c(O)cccc1C2=O. The highest BCUT2D eigenvalue weighted by Gasteiger charge is 2.39. The van der Waals surface area contributed by atoms with Crippen LogP contribution in [0.15, 0.2) is 100 Å². The van der Waals surface area contributed by atoms with Gasteiger partial charge in [-0.25, -0.2) is 0 Å². The fourth-order valence-corrected chi connectivity index (χ4v) is 9.39. The molecule has 58 heavy (non-hydrogen) atoms. The first-order valence-electron chi connectivity index (χ1n) is 19.7. The van der Waals surface area contributed by atoms with Crippen LogP contribution < -0.4 is 10.6 Å². The quantitative estimate of drug-likeness (QED) is 0.0366. The largest absolute Gasteiger partial charge is 0.507 e. The lowest BCUT2D eigenvalue weighted by Gasteiger charge is -2.36. The van der Waals surface area contributed by atoms with Crippen molar-refractivity contribution in [1.82, 2.24) is 0 Å². The summed E-state index contributed by atoms with van der Waals surface area (Å²) in [5.41, 5.74) is 6.55. The van der Waals surface area contributed by atoms with E-state index in [4.69, 9.17) is 4.55 Å². The molecule has 0 saturated heterocycles. The Morgan fingerprint density at radius 3 is 2.17 bits per heavy atom. The standard InChI is InChI=1S/C44H51N3O9S2/c1-44(58(54,55)56)23-10-12-29(21-24-44)27-31-13-3-5-16-34(31)46-36-19-20-37(41-40(36)42(49)33-15-9-18-38(48)39(33)43(41)50)47-35-17-6-4-14-32(35)28-30(22-25-45-2)11-7-8-26-57(51,52)53/h7-11,15,18-20,22-26,31-32,34-35,46-48H,3-6,12-14,16-17,27-28H2,1-2H3,(H,51,52,53)(H,54,55,56)/b11-7-,26-8+,30-22+,45-25?. The van der Waals surface area contributed by atoms with Crippen LogP contribution in [-0.4, -0.2) is 72.7 Å². The number of allylic oxidation sites excluding steroid dienone is 6. The van der Waals surface area contributed by atoms with E-state index in [0.717, 1.165) is 62.5 Å².